The second-order valence-corrected chi connectivity index (χ2v) is 7.79. The van der Waals surface area contributed by atoms with Crippen molar-refractivity contribution in [3.05, 3.63) is 24.0 Å². The predicted octanol–water partition coefficient (Wildman–Crippen LogP) is 0.745. The Morgan fingerprint density at radius 3 is 3.12 bits per heavy atom. The van der Waals surface area contributed by atoms with Crippen LogP contribution in [-0.2, 0) is 0 Å². The number of nitrogens with zero attached hydrogens (tertiary/aromatic N) is 2. The lowest BCUT2D eigenvalue weighted by Crippen LogP contribution is -2.52. The Balaban J connectivity index is 1.67. The molecule has 6 nitrogen and oxygen atoms in total. The third kappa shape index (κ3) is 1.91. The zero-order valence-electron chi connectivity index (χ0n) is 13.7. The highest BCUT2D eigenvalue weighted by Crippen LogP contribution is 2.51. The Labute approximate surface area is 140 Å². The van der Waals surface area contributed by atoms with Gasteiger partial charge < -0.3 is 20.5 Å². The molecule has 1 aliphatic heterocycles. The summed E-state index contributed by atoms with van der Waals surface area (Å²) in [5.41, 5.74) is 3.17. The van der Waals surface area contributed by atoms with Gasteiger partial charge in [-0.15, -0.1) is 0 Å². The fourth-order valence-electron chi connectivity index (χ4n) is 5.34. The van der Waals surface area contributed by atoms with E-state index in [1.165, 1.54) is 0 Å². The minimum atomic E-state index is -0.824. The average molecular weight is 324 g/mol. The van der Waals surface area contributed by atoms with E-state index in [2.05, 4.69) is 27.3 Å². The molecule has 2 aromatic heterocycles. The van der Waals surface area contributed by atoms with Crippen molar-refractivity contribution in [3.63, 3.8) is 0 Å². The van der Waals surface area contributed by atoms with Crippen LogP contribution in [0.3, 0.4) is 0 Å². The molecule has 2 fully saturated rings. The molecule has 2 aromatic rings. The third-order valence-corrected chi connectivity index (χ3v) is 6.24. The van der Waals surface area contributed by atoms with Crippen LogP contribution in [0, 0.1) is 17.8 Å². The summed E-state index contributed by atoms with van der Waals surface area (Å²) in [7, 11) is -0.824. The molecule has 7 heteroatoms. The Morgan fingerprint density at radius 2 is 2.25 bits per heavy atom. The van der Waals surface area contributed by atoms with Crippen LogP contribution >= 0.6 is 0 Å². The van der Waals surface area contributed by atoms with Gasteiger partial charge in [-0.3, -0.25) is 0 Å². The molecule has 124 valence electrons. The monoisotopic (exact) mass is 324 g/mol. The van der Waals surface area contributed by atoms with Crippen LogP contribution in [-0.4, -0.2) is 38.5 Å². The first-order valence-electron chi connectivity index (χ1n) is 8.76. The van der Waals surface area contributed by atoms with Crippen LogP contribution in [0.2, 0.25) is 0 Å². The Bertz CT molecular complexity index is 850. The highest BCUT2D eigenvalue weighted by atomic mass is 16.3. The number of hydrogen-bond acceptors (Lipinski definition) is 5. The zero-order valence-corrected chi connectivity index (χ0v) is 13.7. The minimum absolute atomic E-state index is 0.298. The van der Waals surface area contributed by atoms with Gasteiger partial charge in [0.1, 0.15) is 5.65 Å². The van der Waals surface area contributed by atoms with Crippen molar-refractivity contribution in [3.8, 4) is 0 Å². The molecular weight excluding hydrogens is 303 g/mol. The van der Waals surface area contributed by atoms with Crippen LogP contribution in [0.5, 0.6) is 0 Å². The summed E-state index contributed by atoms with van der Waals surface area (Å²) in [4.78, 5) is 7.56. The quantitative estimate of drug-likeness (QED) is 0.582. The van der Waals surface area contributed by atoms with Crippen molar-refractivity contribution >= 4 is 29.3 Å². The maximum Gasteiger partial charge on any atom is 0.465 e. The number of nitrogens with one attached hydrogen (secondary N) is 2. The molecule has 5 rings (SSSR count). The van der Waals surface area contributed by atoms with Gasteiger partial charge >= 0.3 is 7.05 Å². The van der Waals surface area contributed by atoms with Crippen LogP contribution in [0.4, 0.5) is 0 Å². The molecule has 2 bridgehead atoms. The lowest BCUT2D eigenvalue weighted by Gasteiger charge is -2.40. The smallest absolute Gasteiger partial charge is 0.428 e. The van der Waals surface area contributed by atoms with Crippen molar-refractivity contribution in [2.24, 2.45) is 22.9 Å². The predicted molar refractivity (Wildman–Crippen MR) is 92.9 cm³/mol. The number of fused-ring (bicyclic) bond motifs is 5. The van der Waals surface area contributed by atoms with Gasteiger partial charge in [-0.05, 0) is 43.6 Å². The fraction of sp³-hybridized carbons (Fsp3) is 0.529. The van der Waals surface area contributed by atoms with Gasteiger partial charge in [0.05, 0.1) is 11.3 Å². The minimum Gasteiger partial charge on any atom is -0.428 e. The molecule has 24 heavy (non-hydrogen) atoms. The number of aromatic amines is 1. The van der Waals surface area contributed by atoms with Gasteiger partial charge in [-0.1, -0.05) is 6.92 Å². The van der Waals surface area contributed by atoms with E-state index < -0.39 is 12.7 Å². The fourth-order valence-corrected chi connectivity index (χ4v) is 5.34. The van der Waals surface area contributed by atoms with E-state index in [4.69, 9.17) is 0 Å². The van der Waals surface area contributed by atoms with Gasteiger partial charge in [0.15, 0.2) is 0 Å². The molecule has 0 unspecified atom stereocenters. The van der Waals surface area contributed by atoms with Crippen molar-refractivity contribution < 1.29 is 10.1 Å². The Kier molecular flexibility index (Phi) is 2.92. The average Bonchev–Trinajstić information content (AvgIpc) is 3.14. The number of rotatable bonds is 1. The lowest BCUT2D eigenvalue weighted by molar-refractivity contribution is -0.00737. The first-order valence-corrected chi connectivity index (χ1v) is 8.76. The summed E-state index contributed by atoms with van der Waals surface area (Å²) in [5.74, 6) is 1.11. The summed E-state index contributed by atoms with van der Waals surface area (Å²) in [6, 6.07) is 2.01. The number of hydrazone groups is 1. The van der Waals surface area contributed by atoms with Gasteiger partial charge in [0.2, 0.25) is 0 Å². The number of aliphatic hydroxyl groups is 1. The van der Waals surface area contributed by atoms with Gasteiger partial charge in [-0.2, -0.15) is 5.10 Å². The Morgan fingerprint density at radius 1 is 1.38 bits per heavy atom. The van der Waals surface area contributed by atoms with Gasteiger partial charge in [-0.25, -0.2) is 4.98 Å². The molecule has 4 atom stereocenters. The van der Waals surface area contributed by atoms with Gasteiger partial charge in [0.25, 0.3) is 0 Å². The number of hydrogen-bond donors (Lipinski definition) is 4. The normalized spacial score (nSPS) is 34.9. The van der Waals surface area contributed by atoms with E-state index in [1.807, 2.05) is 12.3 Å². The molecule has 3 heterocycles. The lowest BCUT2D eigenvalue weighted by atomic mass is 9.64. The Hall–Kier alpha value is -1.86. The molecule has 0 radical (unpaired) electrons. The molecule has 0 aromatic carbocycles. The largest absolute Gasteiger partial charge is 0.465 e. The second kappa shape index (κ2) is 4.83. The van der Waals surface area contributed by atoms with Crippen LogP contribution in [0.25, 0.3) is 11.0 Å². The van der Waals surface area contributed by atoms with E-state index >= 15 is 0 Å². The molecule has 0 saturated heterocycles. The molecule has 4 N–H and O–H groups in total. The molecule has 2 aliphatic carbocycles. The number of H-pyrrole nitrogens is 1. The van der Waals surface area contributed by atoms with Crippen LogP contribution in [0.15, 0.2) is 23.6 Å². The third-order valence-electron chi connectivity index (χ3n) is 6.24. The molecule has 0 amide bonds. The summed E-state index contributed by atoms with van der Waals surface area (Å²) < 4.78 is 0. The molecule has 0 spiro atoms. The molecular formula is C17H21BN4O2. The first kappa shape index (κ1) is 14.5. The molecule has 3 aliphatic rings. The molecule has 2 saturated carbocycles. The zero-order chi connectivity index (χ0) is 16.5. The SMILES string of the molecule is C[C@@H]1C[C@]2(O)CC[C@@H](C2)[C@@H]1C1=NNB(O)c2cnc3[nH]ccc3c21. The van der Waals surface area contributed by atoms with Crippen molar-refractivity contribution in [2.45, 2.75) is 38.2 Å². The first-order chi connectivity index (χ1) is 11.6. The highest BCUT2D eigenvalue weighted by Gasteiger charge is 2.51. The summed E-state index contributed by atoms with van der Waals surface area (Å²) in [5, 5.41) is 29.4. The van der Waals surface area contributed by atoms with Crippen LogP contribution < -0.4 is 10.8 Å². The highest BCUT2D eigenvalue weighted by molar-refractivity contribution is 6.66. The van der Waals surface area contributed by atoms with Crippen LogP contribution in [0.1, 0.15) is 38.2 Å². The standard InChI is InChI=1S/C17H21BN4O2/c1-9-6-17(23)4-2-10(7-17)13(9)15-14-11-3-5-19-16(11)20-8-12(14)18(24)22-21-15/h3,5,8-10,13,22-24H,2,4,6-7H2,1H3,(H,19,20)/t9-,10+,13-,17-/m1/s1. The maximum absolute atomic E-state index is 10.7. The summed E-state index contributed by atoms with van der Waals surface area (Å²) in [6.07, 6.45) is 7.24. The van der Waals surface area contributed by atoms with E-state index in [1.54, 1.807) is 6.20 Å². The number of pyridine rings is 1. The van der Waals surface area contributed by atoms with Crippen molar-refractivity contribution in [1.82, 2.24) is 15.3 Å². The summed E-state index contributed by atoms with van der Waals surface area (Å²) in [6.45, 7) is 2.22. The van der Waals surface area contributed by atoms with Gasteiger partial charge in [0, 0.05) is 34.7 Å². The number of aromatic nitrogens is 2. The van der Waals surface area contributed by atoms with E-state index in [0.29, 0.717) is 17.8 Å². The van der Waals surface area contributed by atoms with E-state index in [9.17, 15) is 10.1 Å². The topological polar surface area (TPSA) is 93.5 Å². The van der Waals surface area contributed by atoms with Crippen molar-refractivity contribution in [1.29, 1.82) is 0 Å². The maximum atomic E-state index is 10.7. The second-order valence-electron chi connectivity index (χ2n) is 7.79. The van der Waals surface area contributed by atoms with E-state index in [-0.39, 0.29) is 0 Å². The summed E-state index contributed by atoms with van der Waals surface area (Å²) >= 11 is 0. The van der Waals surface area contributed by atoms with Crippen molar-refractivity contribution in [2.75, 3.05) is 0 Å². The van der Waals surface area contributed by atoms with E-state index in [0.717, 1.165) is 53.5 Å².